The lowest BCUT2D eigenvalue weighted by molar-refractivity contribution is 0.443. The van der Waals surface area contributed by atoms with E-state index in [2.05, 4.69) is 10.2 Å². The van der Waals surface area contributed by atoms with Crippen molar-refractivity contribution in [2.24, 2.45) is 21.7 Å². The highest BCUT2D eigenvalue weighted by molar-refractivity contribution is 7.86. The summed E-state index contributed by atoms with van der Waals surface area (Å²) in [5.41, 5.74) is 10.3. The van der Waals surface area contributed by atoms with Crippen LogP contribution in [0.3, 0.4) is 0 Å². The molecule has 1 aromatic rings. The molecule has 1 aromatic carbocycles. The summed E-state index contributed by atoms with van der Waals surface area (Å²) in [5.74, 6) is -0.818. The average molecular weight is 258 g/mol. The molecule has 0 atom stereocenters. The third kappa shape index (κ3) is 3.74. The first-order valence-corrected chi connectivity index (χ1v) is 5.67. The van der Waals surface area contributed by atoms with Crippen LogP contribution in [0.5, 0.6) is 5.75 Å². The van der Waals surface area contributed by atoms with E-state index < -0.39 is 20.8 Å². The summed E-state index contributed by atoms with van der Waals surface area (Å²) < 4.78 is 30.6. The Bertz CT molecular complexity index is 575. The molecule has 0 aliphatic rings. The highest BCUT2D eigenvalue weighted by Crippen LogP contribution is 2.22. The second-order valence-corrected chi connectivity index (χ2v) is 4.36. The Morgan fingerprint density at radius 1 is 1.35 bits per heavy atom. The van der Waals surface area contributed by atoms with Gasteiger partial charge in [0.2, 0.25) is 5.96 Å². The fraction of sp³-hybridized carbons (Fsp3) is 0. The molecule has 92 valence electrons. The van der Waals surface area contributed by atoms with Crippen molar-refractivity contribution in [3.05, 3.63) is 23.8 Å². The van der Waals surface area contributed by atoms with Crippen molar-refractivity contribution >= 4 is 22.3 Å². The van der Waals surface area contributed by atoms with Crippen LogP contribution in [0.25, 0.3) is 0 Å². The molecule has 0 unspecified atom stereocenters. The number of phenols is 1. The maximum Gasteiger partial charge on any atom is 0.298 e. The zero-order valence-electron chi connectivity index (χ0n) is 8.48. The Kier molecular flexibility index (Phi) is 3.66. The van der Waals surface area contributed by atoms with Crippen LogP contribution in [0.15, 0.2) is 33.3 Å². The van der Waals surface area contributed by atoms with Crippen molar-refractivity contribution in [3.63, 3.8) is 0 Å². The van der Waals surface area contributed by atoms with E-state index >= 15 is 0 Å². The van der Waals surface area contributed by atoms with Crippen molar-refractivity contribution in [1.29, 1.82) is 0 Å². The second-order valence-electron chi connectivity index (χ2n) is 2.97. The van der Waals surface area contributed by atoms with Crippen LogP contribution in [0, 0.1) is 0 Å². The molecule has 9 heteroatoms. The summed E-state index contributed by atoms with van der Waals surface area (Å²) in [6, 6.07) is 3.49. The predicted molar refractivity (Wildman–Crippen MR) is 61.3 cm³/mol. The first-order chi connectivity index (χ1) is 7.80. The highest BCUT2D eigenvalue weighted by atomic mass is 32.2. The van der Waals surface area contributed by atoms with Gasteiger partial charge in [-0.3, -0.25) is 4.55 Å². The van der Waals surface area contributed by atoms with Gasteiger partial charge in [-0.2, -0.15) is 13.5 Å². The van der Waals surface area contributed by atoms with Crippen LogP contribution >= 0.6 is 0 Å². The number of hydrogen-bond acceptors (Lipinski definition) is 5. The quantitative estimate of drug-likeness (QED) is 0.242. The van der Waals surface area contributed by atoms with Gasteiger partial charge in [-0.15, -0.1) is 5.10 Å². The van der Waals surface area contributed by atoms with Gasteiger partial charge in [-0.25, -0.2) is 0 Å². The number of guanidine groups is 1. The molecule has 0 aliphatic carbocycles. The first kappa shape index (κ1) is 12.9. The maximum atomic E-state index is 10.9. The standard InChI is InChI=1S/C8H10N4O4S/c9-8(10)12-11-4-5-1-2-6(13)7(3-5)17(14,15)16/h1-4,13H,(H4,9,10,12)(H,14,15,16)/b11-4+. The molecule has 0 bridgehead atoms. The van der Waals surface area contributed by atoms with E-state index in [1.807, 2.05) is 0 Å². The minimum atomic E-state index is -4.49. The number of hydrogen-bond donors (Lipinski definition) is 4. The van der Waals surface area contributed by atoms with Gasteiger partial charge in [0, 0.05) is 0 Å². The Morgan fingerprint density at radius 2 is 2.00 bits per heavy atom. The van der Waals surface area contributed by atoms with Crippen LogP contribution < -0.4 is 11.5 Å². The van der Waals surface area contributed by atoms with Crippen molar-refractivity contribution in [2.45, 2.75) is 4.90 Å². The van der Waals surface area contributed by atoms with E-state index in [0.717, 1.165) is 18.3 Å². The number of phenolic OH excluding ortho intramolecular Hbond substituents is 1. The van der Waals surface area contributed by atoms with E-state index in [9.17, 15) is 13.5 Å². The molecule has 6 N–H and O–H groups in total. The maximum absolute atomic E-state index is 10.9. The van der Waals surface area contributed by atoms with Crippen molar-refractivity contribution in [1.82, 2.24) is 0 Å². The van der Waals surface area contributed by atoms with E-state index in [-0.39, 0.29) is 5.96 Å². The van der Waals surface area contributed by atoms with Gasteiger partial charge in [0.05, 0.1) is 6.21 Å². The molecule has 1 rings (SSSR count). The summed E-state index contributed by atoms with van der Waals surface area (Å²) in [7, 11) is -4.49. The number of nitrogens with two attached hydrogens (primary N) is 2. The highest BCUT2D eigenvalue weighted by Gasteiger charge is 2.15. The molecule has 0 radical (unpaired) electrons. The van der Waals surface area contributed by atoms with E-state index in [0.29, 0.717) is 5.56 Å². The van der Waals surface area contributed by atoms with Crippen LogP contribution in [-0.2, 0) is 10.1 Å². The third-order valence-electron chi connectivity index (χ3n) is 1.64. The lowest BCUT2D eigenvalue weighted by Crippen LogP contribution is -2.21. The fourth-order valence-corrected chi connectivity index (χ4v) is 1.60. The molecule has 0 fully saturated rings. The van der Waals surface area contributed by atoms with Crippen LogP contribution in [-0.4, -0.2) is 30.3 Å². The van der Waals surface area contributed by atoms with Gasteiger partial charge >= 0.3 is 0 Å². The molecule has 17 heavy (non-hydrogen) atoms. The normalized spacial score (nSPS) is 11.6. The van der Waals surface area contributed by atoms with Gasteiger partial charge in [-0.05, 0) is 23.8 Å². The van der Waals surface area contributed by atoms with Gasteiger partial charge in [0.1, 0.15) is 10.6 Å². The second kappa shape index (κ2) is 4.80. The van der Waals surface area contributed by atoms with E-state index in [1.165, 1.54) is 6.07 Å². The van der Waals surface area contributed by atoms with Gasteiger partial charge in [0.25, 0.3) is 10.1 Å². The molecular weight excluding hydrogens is 248 g/mol. The molecule has 0 aromatic heterocycles. The minimum absolute atomic E-state index is 0.255. The Morgan fingerprint density at radius 3 is 2.53 bits per heavy atom. The topological polar surface area (TPSA) is 151 Å². The molecule has 0 saturated carbocycles. The summed E-state index contributed by atoms with van der Waals surface area (Å²) >= 11 is 0. The number of aromatic hydroxyl groups is 1. The Hall–Kier alpha value is -2.13. The Labute approximate surface area is 97.0 Å². The first-order valence-electron chi connectivity index (χ1n) is 4.23. The zero-order valence-corrected chi connectivity index (χ0v) is 9.29. The number of benzene rings is 1. The monoisotopic (exact) mass is 258 g/mol. The number of nitrogens with zero attached hydrogens (tertiary/aromatic N) is 2. The van der Waals surface area contributed by atoms with E-state index in [4.69, 9.17) is 16.0 Å². The summed E-state index contributed by atoms with van der Waals surface area (Å²) in [4.78, 5) is -0.619. The smallest absolute Gasteiger partial charge is 0.298 e. The minimum Gasteiger partial charge on any atom is -0.506 e. The predicted octanol–water partition coefficient (Wildman–Crippen LogP) is -0.754. The van der Waals surface area contributed by atoms with Crippen LogP contribution in [0.1, 0.15) is 5.56 Å². The summed E-state index contributed by atoms with van der Waals surface area (Å²) in [6.45, 7) is 0. The molecule has 0 heterocycles. The van der Waals surface area contributed by atoms with Gasteiger partial charge in [-0.1, -0.05) is 0 Å². The van der Waals surface area contributed by atoms with Crippen LogP contribution in [0.2, 0.25) is 0 Å². The lowest BCUT2D eigenvalue weighted by Gasteiger charge is -2.01. The lowest BCUT2D eigenvalue weighted by atomic mass is 10.2. The average Bonchev–Trinajstić information content (AvgIpc) is 2.18. The summed E-state index contributed by atoms with van der Waals surface area (Å²) in [6.07, 6.45) is 1.16. The van der Waals surface area contributed by atoms with Crippen molar-refractivity contribution in [3.8, 4) is 5.75 Å². The van der Waals surface area contributed by atoms with E-state index in [1.54, 1.807) is 0 Å². The molecule has 0 spiro atoms. The van der Waals surface area contributed by atoms with Crippen LogP contribution in [0.4, 0.5) is 0 Å². The molecule has 0 saturated heterocycles. The zero-order chi connectivity index (χ0) is 13.1. The van der Waals surface area contributed by atoms with Gasteiger partial charge in [0.15, 0.2) is 0 Å². The van der Waals surface area contributed by atoms with Crippen molar-refractivity contribution in [2.75, 3.05) is 0 Å². The fourth-order valence-electron chi connectivity index (χ4n) is 0.980. The molecule has 0 aliphatic heterocycles. The molecule has 8 nitrogen and oxygen atoms in total. The molecular formula is C8H10N4O4S. The third-order valence-corrected chi connectivity index (χ3v) is 2.52. The SMILES string of the molecule is NC(N)=N/N=C/c1ccc(O)c(S(=O)(=O)O)c1. The molecule has 0 amide bonds. The summed E-state index contributed by atoms with van der Waals surface area (Å²) in [5, 5.41) is 16.0. The van der Waals surface area contributed by atoms with Gasteiger partial charge < -0.3 is 16.6 Å². The van der Waals surface area contributed by atoms with Crippen molar-refractivity contribution < 1.29 is 18.1 Å². The number of rotatable bonds is 3. The Balaban J connectivity index is 3.14. The largest absolute Gasteiger partial charge is 0.506 e.